The van der Waals surface area contributed by atoms with Gasteiger partial charge in [0.2, 0.25) is 0 Å². The molecule has 7 atom stereocenters. The Labute approximate surface area is 158 Å². The van der Waals surface area contributed by atoms with Crippen molar-refractivity contribution in [3.63, 3.8) is 0 Å². The van der Waals surface area contributed by atoms with Crippen LogP contribution in [0.3, 0.4) is 0 Å². The van der Waals surface area contributed by atoms with Crippen molar-refractivity contribution in [2.45, 2.75) is 84.3 Å². The predicted molar refractivity (Wildman–Crippen MR) is 101 cm³/mol. The SMILES string of the molecule is CC1(C2CCC3C4CCC5CCCCC5(C)C4CC(=O)C32C)OCCO1. The second-order valence-electron chi connectivity index (χ2n) is 10.7. The molecular formula is C23H36O3. The highest BCUT2D eigenvalue weighted by Gasteiger charge is 2.66. The molecule has 146 valence electrons. The minimum Gasteiger partial charge on any atom is -0.347 e. The molecule has 5 rings (SSSR count). The summed E-state index contributed by atoms with van der Waals surface area (Å²) < 4.78 is 12.1. The lowest BCUT2D eigenvalue weighted by Crippen LogP contribution is -2.58. The molecule has 1 aliphatic heterocycles. The van der Waals surface area contributed by atoms with E-state index in [0.717, 1.165) is 24.7 Å². The van der Waals surface area contributed by atoms with Crippen LogP contribution in [-0.4, -0.2) is 24.8 Å². The van der Waals surface area contributed by atoms with Gasteiger partial charge < -0.3 is 9.47 Å². The Hall–Kier alpha value is -0.410. The van der Waals surface area contributed by atoms with Crippen LogP contribution in [0.2, 0.25) is 0 Å². The molecule has 4 saturated carbocycles. The van der Waals surface area contributed by atoms with Crippen LogP contribution >= 0.6 is 0 Å². The first-order valence-corrected chi connectivity index (χ1v) is 11.2. The monoisotopic (exact) mass is 360 g/mol. The third-order valence-electron chi connectivity index (χ3n) is 9.94. The Morgan fingerprint density at radius 3 is 2.42 bits per heavy atom. The molecule has 0 radical (unpaired) electrons. The summed E-state index contributed by atoms with van der Waals surface area (Å²) >= 11 is 0. The highest BCUT2D eigenvalue weighted by molar-refractivity contribution is 5.87. The summed E-state index contributed by atoms with van der Waals surface area (Å²) in [6, 6.07) is 0. The van der Waals surface area contributed by atoms with E-state index in [1.807, 2.05) is 0 Å². The van der Waals surface area contributed by atoms with E-state index in [-0.39, 0.29) is 11.3 Å². The number of hydrogen-bond donors (Lipinski definition) is 0. The highest BCUT2D eigenvalue weighted by atomic mass is 16.7. The van der Waals surface area contributed by atoms with Crippen molar-refractivity contribution in [2.75, 3.05) is 13.2 Å². The number of ether oxygens (including phenoxy) is 2. The molecule has 0 bridgehead atoms. The normalized spacial score (nSPS) is 53.0. The number of carbonyl (C=O) groups excluding carboxylic acids is 1. The number of rotatable bonds is 1. The maximum atomic E-state index is 13.7. The number of ketones is 1. The smallest absolute Gasteiger partial charge is 0.169 e. The van der Waals surface area contributed by atoms with E-state index in [1.54, 1.807) is 0 Å². The first-order valence-electron chi connectivity index (χ1n) is 11.2. The molecule has 3 nitrogen and oxygen atoms in total. The van der Waals surface area contributed by atoms with Gasteiger partial charge in [0, 0.05) is 17.8 Å². The van der Waals surface area contributed by atoms with Crippen LogP contribution < -0.4 is 0 Å². The fourth-order valence-electron chi connectivity index (χ4n) is 8.56. The van der Waals surface area contributed by atoms with Gasteiger partial charge in [0.25, 0.3) is 0 Å². The van der Waals surface area contributed by atoms with Gasteiger partial charge in [-0.05, 0) is 74.5 Å². The lowest BCUT2D eigenvalue weighted by atomic mass is 9.44. The number of carbonyl (C=O) groups is 1. The van der Waals surface area contributed by atoms with Crippen LogP contribution in [-0.2, 0) is 14.3 Å². The predicted octanol–water partition coefficient (Wildman–Crippen LogP) is 4.98. The van der Waals surface area contributed by atoms with Gasteiger partial charge in [-0.2, -0.15) is 0 Å². The molecule has 1 heterocycles. The molecule has 0 aromatic heterocycles. The number of hydrogen-bond acceptors (Lipinski definition) is 3. The summed E-state index contributed by atoms with van der Waals surface area (Å²) in [7, 11) is 0. The summed E-state index contributed by atoms with van der Waals surface area (Å²) in [5.74, 6) is 3.00. The maximum absolute atomic E-state index is 13.7. The molecule has 0 spiro atoms. The van der Waals surface area contributed by atoms with E-state index in [2.05, 4.69) is 20.8 Å². The highest BCUT2D eigenvalue weighted by Crippen LogP contribution is 2.67. The van der Waals surface area contributed by atoms with Crippen molar-refractivity contribution >= 4 is 5.78 Å². The zero-order valence-corrected chi connectivity index (χ0v) is 16.9. The zero-order valence-electron chi connectivity index (χ0n) is 16.9. The Balaban J connectivity index is 1.49. The van der Waals surface area contributed by atoms with Gasteiger partial charge in [-0.15, -0.1) is 0 Å². The summed E-state index contributed by atoms with van der Waals surface area (Å²) in [6.45, 7) is 8.26. The Morgan fingerprint density at radius 2 is 1.65 bits per heavy atom. The number of Topliss-reactive ketones (excluding diaryl/α,β-unsaturated/α-hetero) is 1. The van der Waals surface area contributed by atoms with Crippen molar-refractivity contribution < 1.29 is 14.3 Å². The molecule has 0 aromatic rings. The van der Waals surface area contributed by atoms with Crippen molar-refractivity contribution in [1.29, 1.82) is 0 Å². The summed E-state index contributed by atoms with van der Waals surface area (Å²) in [5, 5.41) is 0. The zero-order chi connectivity index (χ0) is 18.2. The van der Waals surface area contributed by atoms with E-state index >= 15 is 0 Å². The minimum atomic E-state index is -0.544. The summed E-state index contributed by atoms with van der Waals surface area (Å²) in [6.07, 6.45) is 11.4. The van der Waals surface area contributed by atoms with Gasteiger partial charge in [0.1, 0.15) is 5.78 Å². The second kappa shape index (κ2) is 5.80. The molecule has 4 aliphatic carbocycles. The van der Waals surface area contributed by atoms with E-state index in [4.69, 9.17) is 9.47 Å². The molecule has 3 heteroatoms. The largest absolute Gasteiger partial charge is 0.347 e. The average molecular weight is 361 g/mol. The fourth-order valence-corrected chi connectivity index (χ4v) is 8.56. The summed E-state index contributed by atoms with van der Waals surface area (Å²) in [5.41, 5.74) is 0.179. The molecule has 5 aliphatic rings. The van der Waals surface area contributed by atoms with Crippen LogP contribution in [0.5, 0.6) is 0 Å². The molecule has 7 unspecified atom stereocenters. The van der Waals surface area contributed by atoms with Crippen molar-refractivity contribution in [2.24, 2.45) is 40.4 Å². The first kappa shape index (κ1) is 17.7. The topological polar surface area (TPSA) is 35.5 Å². The molecule has 5 fully saturated rings. The van der Waals surface area contributed by atoms with E-state index in [1.165, 1.54) is 44.9 Å². The van der Waals surface area contributed by atoms with Gasteiger partial charge in [-0.25, -0.2) is 0 Å². The second-order valence-corrected chi connectivity index (χ2v) is 10.7. The van der Waals surface area contributed by atoms with Gasteiger partial charge in [-0.1, -0.05) is 26.7 Å². The molecule has 0 aromatic carbocycles. The van der Waals surface area contributed by atoms with Gasteiger partial charge in [0.15, 0.2) is 5.79 Å². The number of fused-ring (bicyclic) bond motifs is 5. The summed E-state index contributed by atoms with van der Waals surface area (Å²) in [4.78, 5) is 13.7. The third kappa shape index (κ3) is 2.16. The minimum absolute atomic E-state index is 0.229. The van der Waals surface area contributed by atoms with E-state index in [9.17, 15) is 4.79 Å². The van der Waals surface area contributed by atoms with Crippen LogP contribution in [0.4, 0.5) is 0 Å². The van der Waals surface area contributed by atoms with Gasteiger partial charge in [0.05, 0.1) is 13.2 Å². The lowest BCUT2D eigenvalue weighted by Gasteiger charge is -2.60. The Kier molecular flexibility index (Phi) is 3.94. The Morgan fingerprint density at radius 1 is 0.885 bits per heavy atom. The Bertz CT molecular complexity index is 594. The van der Waals surface area contributed by atoms with Gasteiger partial charge >= 0.3 is 0 Å². The van der Waals surface area contributed by atoms with Crippen molar-refractivity contribution in [3.05, 3.63) is 0 Å². The van der Waals surface area contributed by atoms with Crippen molar-refractivity contribution in [3.8, 4) is 0 Å². The fraction of sp³-hybridized carbons (Fsp3) is 0.957. The lowest BCUT2D eigenvalue weighted by molar-refractivity contribution is -0.215. The maximum Gasteiger partial charge on any atom is 0.169 e. The average Bonchev–Trinajstić information content (AvgIpc) is 3.20. The van der Waals surface area contributed by atoms with E-state index in [0.29, 0.717) is 36.2 Å². The molecule has 1 saturated heterocycles. The quantitative estimate of drug-likeness (QED) is 0.662. The van der Waals surface area contributed by atoms with Gasteiger partial charge in [-0.3, -0.25) is 4.79 Å². The molecule has 0 amide bonds. The first-order chi connectivity index (χ1) is 12.4. The standard InChI is InChI=1S/C23H36O3/c1-21-11-5-4-6-15(21)7-8-16-17-9-10-19(23(3)25-12-13-26-23)22(17,2)20(24)14-18(16)21/h15-19H,4-14H2,1-3H3. The van der Waals surface area contributed by atoms with Crippen LogP contribution in [0.15, 0.2) is 0 Å². The molecular weight excluding hydrogens is 324 g/mol. The van der Waals surface area contributed by atoms with Crippen molar-refractivity contribution in [1.82, 2.24) is 0 Å². The van der Waals surface area contributed by atoms with E-state index < -0.39 is 5.79 Å². The molecule has 26 heavy (non-hydrogen) atoms. The van der Waals surface area contributed by atoms with Crippen LogP contribution in [0.25, 0.3) is 0 Å². The molecule has 0 N–H and O–H groups in total. The van der Waals surface area contributed by atoms with Crippen LogP contribution in [0, 0.1) is 40.4 Å². The van der Waals surface area contributed by atoms with Crippen LogP contribution in [0.1, 0.15) is 78.6 Å². The third-order valence-corrected chi connectivity index (χ3v) is 9.94.